The monoisotopic (exact) mass is 628 g/mol. The Hall–Kier alpha value is -2.49. The highest BCUT2D eigenvalue weighted by Crippen LogP contribution is 2.49. The van der Waals surface area contributed by atoms with E-state index in [0.717, 1.165) is 54.5 Å². The normalized spacial score (nSPS) is 23.4. The minimum absolute atomic E-state index is 0.0531. The van der Waals surface area contributed by atoms with Crippen molar-refractivity contribution in [1.29, 1.82) is 0 Å². The number of halogens is 2. The van der Waals surface area contributed by atoms with Crippen LogP contribution in [0.5, 0.6) is 0 Å². The summed E-state index contributed by atoms with van der Waals surface area (Å²) in [6.07, 6.45) is 5.57. The van der Waals surface area contributed by atoms with Crippen LogP contribution in [0.1, 0.15) is 97.5 Å². The number of benzene rings is 2. The topological polar surface area (TPSA) is 106 Å². The van der Waals surface area contributed by atoms with Gasteiger partial charge in [0.15, 0.2) is 0 Å². The summed E-state index contributed by atoms with van der Waals surface area (Å²) in [5.74, 6) is 0.480. The number of hydrogen-bond acceptors (Lipinski definition) is 7. The second-order valence-electron chi connectivity index (χ2n) is 12.0. The van der Waals surface area contributed by atoms with Crippen molar-refractivity contribution in [2.75, 3.05) is 0 Å². The average molecular weight is 630 g/mol. The molecule has 0 spiro atoms. The molecule has 2 unspecified atom stereocenters. The van der Waals surface area contributed by atoms with Crippen molar-refractivity contribution in [2.24, 2.45) is 11.8 Å². The van der Waals surface area contributed by atoms with Gasteiger partial charge in [0, 0.05) is 17.0 Å². The van der Waals surface area contributed by atoms with Crippen molar-refractivity contribution in [3.05, 3.63) is 68.3 Å². The van der Waals surface area contributed by atoms with Crippen LogP contribution in [0, 0.1) is 11.8 Å². The molecule has 2 aliphatic carbocycles. The van der Waals surface area contributed by atoms with E-state index in [9.17, 15) is 15.0 Å². The highest BCUT2D eigenvalue weighted by molar-refractivity contribution is 7.18. The van der Waals surface area contributed by atoms with Crippen LogP contribution in [-0.2, 0) is 11.3 Å². The van der Waals surface area contributed by atoms with Gasteiger partial charge >= 0.3 is 5.97 Å². The van der Waals surface area contributed by atoms with Crippen LogP contribution in [0.4, 0.5) is 0 Å². The number of aromatic carboxylic acids is 1. The molecule has 4 aromatic rings. The van der Waals surface area contributed by atoms with E-state index < -0.39 is 17.7 Å². The standard InChI is InChI=1S/C32H34Cl2N2O5S/c1-3-11-32(40-16-21-27(36-41-29(21)18-7-8-18)26-22(33)5-4-6-23(26)34)14-17(2)12-20(15-32)28(37)30-35-24-10-9-19(31(38)39)13-25(24)42-30/h4-6,9-10,13,17-18,20,28,37H,3,7-8,11-12,14-16H2,1-2H3,(H,38,39)/t17?,20?,28-,32-/m0/s1. The fraction of sp³-hybridized carbons (Fsp3) is 0.469. The second kappa shape index (κ2) is 11.9. The Balaban J connectivity index is 1.28. The lowest BCUT2D eigenvalue weighted by Crippen LogP contribution is -2.42. The van der Waals surface area contributed by atoms with Crippen molar-refractivity contribution in [2.45, 2.75) is 83.0 Å². The van der Waals surface area contributed by atoms with Gasteiger partial charge in [-0.05, 0) is 80.7 Å². The minimum Gasteiger partial charge on any atom is -0.478 e. The third-order valence-corrected chi connectivity index (χ3v) is 10.3. The van der Waals surface area contributed by atoms with Gasteiger partial charge in [0.1, 0.15) is 22.6 Å². The number of aromatic nitrogens is 2. The maximum Gasteiger partial charge on any atom is 0.335 e. The first-order chi connectivity index (χ1) is 20.2. The van der Waals surface area contributed by atoms with Crippen LogP contribution >= 0.6 is 34.5 Å². The van der Waals surface area contributed by atoms with Gasteiger partial charge in [-0.15, -0.1) is 11.3 Å². The van der Waals surface area contributed by atoms with Crippen molar-refractivity contribution in [3.8, 4) is 11.3 Å². The van der Waals surface area contributed by atoms with Crippen molar-refractivity contribution < 1.29 is 24.3 Å². The summed E-state index contributed by atoms with van der Waals surface area (Å²) in [7, 11) is 0. The van der Waals surface area contributed by atoms with Crippen LogP contribution in [0.15, 0.2) is 40.9 Å². The molecule has 0 amide bonds. The molecule has 2 aromatic carbocycles. The number of aliphatic hydroxyl groups is 1. The van der Waals surface area contributed by atoms with Gasteiger partial charge < -0.3 is 19.5 Å². The number of carbonyl (C=O) groups is 1. The highest BCUT2D eigenvalue weighted by Gasteiger charge is 2.44. The van der Waals surface area contributed by atoms with Gasteiger partial charge in [-0.3, -0.25) is 0 Å². The predicted octanol–water partition coefficient (Wildman–Crippen LogP) is 9.06. The number of fused-ring (bicyclic) bond motifs is 1. The van der Waals surface area contributed by atoms with E-state index in [1.807, 2.05) is 6.07 Å². The van der Waals surface area contributed by atoms with Gasteiger partial charge in [-0.1, -0.05) is 54.7 Å². The number of thiazole rings is 1. The molecular formula is C32H34Cl2N2O5S. The SMILES string of the molecule is CCC[C@]1(OCc2c(-c3c(Cl)cccc3Cl)noc2C2CC2)CC(C)CC([C@H](O)c2nc3ccc(C(=O)O)cc3s2)C1. The first kappa shape index (κ1) is 29.6. The van der Waals surface area contributed by atoms with Crippen molar-refractivity contribution in [3.63, 3.8) is 0 Å². The first-order valence-corrected chi connectivity index (χ1v) is 16.1. The zero-order valence-corrected chi connectivity index (χ0v) is 25.9. The Morgan fingerprint density at radius 1 is 1.21 bits per heavy atom. The molecule has 2 aromatic heterocycles. The smallest absolute Gasteiger partial charge is 0.335 e. The number of aliphatic hydroxyl groups excluding tert-OH is 1. The molecular weight excluding hydrogens is 595 g/mol. The summed E-state index contributed by atoms with van der Waals surface area (Å²) >= 11 is 14.5. The fourth-order valence-corrected chi connectivity index (χ4v) is 8.31. The maximum absolute atomic E-state index is 11.6. The molecule has 6 rings (SSSR count). The first-order valence-electron chi connectivity index (χ1n) is 14.6. The molecule has 0 saturated heterocycles. The fourth-order valence-electron chi connectivity index (χ4n) is 6.65. The predicted molar refractivity (Wildman–Crippen MR) is 164 cm³/mol. The lowest BCUT2D eigenvalue weighted by Gasteiger charge is -2.45. The number of nitrogens with zero attached hydrogens (tertiary/aromatic N) is 2. The second-order valence-corrected chi connectivity index (χ2v) is 13.8. The van der Waals surface area contributed by atoms with Gasteiger partial charge in [-0.25, -0.2) is 9.78 Å². The van der Waals surface area contributed by atoms with Gasteiger partial charge in [0.2, 0.25) is 0 Å². The Morgan fingerprint density at radius 2 is 1.98 bits per heavy atom. The molecule has 0 radical (unpaired) electrons. The molecule has 2 N–H and O–H groups in total. The lowest BCUT2D eigenvalue weighted by atomic mass is 9.69. The molecule has 4 atom stereocenters. The summed E-state index contributed by atoms with van der Waals surface area (Å²) in [5.41, 5.74) is 2.67. The summed E-state index contributed by atoms with van der Waals surface area (Å²) in [4.78, 5) is 16.1. The maximum atomic E-state index is 11.6. The Kier molecular flexibility index (Phi) is 8.37. The Labute approximate surface area is 258 Å². The zero-order valence-electron chi connectivity index (χ0n) is 23.6. The minimum atomic E-state index is -0.979. The largest absolute Gasteiger partial charge is 0.478 e. The van der Waals surface area contributed by atoms with Gasteiger partial charge in [0.05, 0.1) is 38.0 Å². The molecule has 2 fully saturated rings. The number of hydrogen-bond donors (Lipinski definition) is 2. The van der Waals surface area contributed by atoms with Crippen molar-refractivity contribution >= 4 is 50.7 Å². The molecule has 0 aliphatic heterocycles. The average Bonchev–Trinajstić information content (AvgIpc) is 3.57. The number of ether oxygens (including phenoxy) is 1. The molecule has 2 aliphatic rings. The Morgan fingerprint density at radius 3 is 2.67 bits per heavy atom. The molecule has 42 heavy (non-hydrogen) atoms. The lowest BCUT2D eigenvalue weighted by molar-refractivity contribution is -0.124. The van der Waals surface area contributed by atoms with E-state index in [1.165, 1.54) is 11.3 Å². The van der Waals surface area contributed by atoms with Crippen LogP contribution in [0.25, 0.3) is 21.5 Å². The molecule has 0 bridgehead atoms. The summed E-state index contributed by atoms with van der Waals surface area (Å²) in [5, 5.41) is 27.1. The van der Waals surface area contributed by atoms with Crippen LogP contribution in [-0.4, -0.2) is 31.9 Å². The van der Waals surface area contributed by atoms with Crippen LogP contribution in [0.3, 0.4) is 0 Å². The molecule has 2 heterocycles. The number of carboxylic acids is 1. The van der Waals surface area contributed by atoms with Gasteiger partial charge in [0.25, 0.3) is 0 Å². The molecule has 10 heteroatoms. The summed E-state index contributed by atoms with van der Waals surface area (Å²) in [6, 6.07) is 10.3. The molecule has 222 valence electrons. The van der Waals surface area contributed by atoms with E-state index >= 15 is 0 Å². The number of carboxylic acid groups (broad SMARTS) is 1. The third kappa shape index (κ3) is 5.84. The molecule has 7 nitrogen and oxygen atoms in total. The third-order valence-electron chi connectivity index (χ3n) is 8.61. The highest BCUT2D eigenvalue weighted by atomic mass is 35.5. The summed E-state index contributed by atoms with van der Waals surface area (Å²) in [6.45, 7) is 4.70. The van der Waals surface area contributed by atoms with E-state index in [4.69, 9.17) is 32.5 Å². The number of rotatable bonds is 10. The van der Waals surface area contributed by atoms with E-state index in [0.29, 0.717) is 56.7 Å². The van der Waals surface area contributed by atoms with Crippen LogP contribution < -0.4 is 0 Å². The molecule has 2 saturated carbocycles. The van der Waals surface area contributed by atoms with E-state index in [-0.39, 0.29) is 11.5 Å². The van der Waals surface area contributed by atoms with Gasteiger partial charge in [-0.2, -0.15) is 0 Å². The van der Waals surface area contributed by atoms with E-state index in [1.54, 1.807) is 30.3 Å². The summed E-state index contributed by atoms with van der Waals surface area (Å²) < 4.78 is 13.6. The van der Waals surface area contributed by atoms with Crippen LogP contribution in [0.2, 0.25) is 10.0 Å². The Bertz CT molecular complexity index is 1600. The van der Waals surface area contributed by atoms with E-state index in [2.05, 4.69) is 24.0 Å². The zero-order chi connectivity index (χ0) is 29.6. The van der Waals surface area contributed by atoms with Crippen molar-refractivity contribution in [1.82, 2.24) is 10.1 Å². The quantitative estimate of drug-likeness (QED) is 0.180.